The van der Waals surface area contributed by atoms with Crippen molar-refractivity contribution in [2.75, 3.05) is 14.2 Å². The molecule has 22 heavy (non-hydrogen) atoms. The van der Waals surface area contributed by atoms with E-state index in [1.165, 1.54) is 23.8 Å². The summed E-state index contributed by atoms with van der Waals surface area (Å²) in [6.07, 6.45) is 1.12. The topological polar surface area (TPSA) is 35.5 Å². The number of methoxy groups -OCH3 is 2. The molecule has 0 bridgehead atoms. The van der Waals surface area contributed by atoms with Gasteiger partial charge in [0, 0.05) is 0 Å². The minimum absolute atomic E-state index is 0.278. The zero-order chi connectivity index (χ0) is 15.7. The van der Waals surface area contributed by atoms with Gasteiger partial charge in [0.2, 0.25) is 0 Å². The molecule has 2 aromatic carbocycles. The lowest BCUT2D eigenvalue weighted by atomic mass is 9.99. The largest absolute Gasteiger partial charge is 0.497 e. The van der Waals surface area contributed by atoms with Gasteiger partial charge in [-0.15, -0.1) is 0 Å². The first-order chi connectivity index (χ1) is 10.6. The third-order valence-electron chi connectivity index (χ3n) is 4.40. The summed E-state index contributed by atoms with van der Waals surface area (Å²) >= 11 is 0. The maximum atomic E-state index is 11.6. The summed E-state index contributed by atoms with van der Waals surface area (Å²) in [5, 5.41) is 0. The van der Waals surface area contributed by atoms with Crippen LogP contribution >= 0.6 is 0 Å². The summed E-state index contributed by atoms with van der Waals surface area (Å²) in [5.74, 6) is 1.63. The fraction of sp³-hybridized carbons (Fsp3) is 0.316. The highest BCUT2D eigenvalue weighted by atomic mass is 16.5. The monoisotopic (exact) mass is 296 g/mol. The maximum Gasteiger partial charge on any atom is 0.337 e. The van der Waals surface area contributed by atoms with Crippen LogP contribution < -0.4 is 4.74 Å². The van der Waals surface area contributed by atoms with Crippen LogP contribution in [0.25, 0.3) is 0 Å². The van der Waals surface area contributed by atoms with Crippen LogP contribution in [0.1, 0.15) is 45.3 Å². The number of carbonyl (C=O) groups excluding carboxylic acids is 1. The van der Waals surface area contributed by atoms with Crippen molar-refractivity contribution in [3.8, 4) is 5.75 Å². The van der Waals surface area contributed by atoms with Crippen molar-refractivity contribution < 1.29 is 14.3 Å². The van der Waals surface area contributed by atoms with E-state index in [9.17, 15) is 4.79 Å². The summed E-state index contributed by atoms with van der Waals surface area (Å²) in [5.41, 5.74) is 4.46. The van der Waals surface area contributed by atoms with E-state index in [2.05, 4.69) is 25.1 Å². The van der Waals surface area contributed by atoms with Crippen LogP contribution in [-0.2, 0) is 4.74 Å². The third-order valence-corrected chi connectivity index (χ3v) is 4.40. The average molecular weight is 296 g/mol. The van der Waals surface area contributed by atoms with Crippen LogP contribution in [0.4, 0.5) is 0 Å². The van der Waals surface area contributed by atoms with Gasteiger partial charge in [-0.2, -0.15) is 0 Å². The lowest BCUT2D eigenvalue weighted by Crippen LogP contribution is -2.01. The SMILES string of the molecule is COC(=O)c1cccc([C@@H]2C[C@@H]2c2ccc(OC)cc2C)c1. The Morgan fingerprint density at radius 3 is 2.59 bits per heavy atom. The molecule has 1 fully saturated rings. The number of esters is 1. The minimum Gasteiger partial charge on any atom is -0.497 e. The van der Waals surface area contributed by atoms with Crippen molar-refractivity contribution in [2.24, 2.45) is 0 Å². The molecule has 3 heteroatoms. The van der Waals surface area contributed by atoms with E-state index in [0.29, 0.717) is 17.4 Å². The maximum absolute atomic E-state index is 11.6. The molecule has 2 aromatic rings. The average Bonchev–Trinajstić information content (AvgIpc) is 3.34. The Balaban J connectivity index is 1.81. The molecule has 0 heterocycles. The van der Waals surface area contributed by atoms with Crippen LogP contribution in [-0.4, -0.2) is 20.2 Å². The molecule has 0 radical (unpaired) electrons. The molecule has 0 aliphatic heterocycles. The molecular weight excluding hydrogens is 276 g/mol. The molecule has 1 saturated carbocycles. The third kappa shape index (κ3) is 2.71. The molecule has 0 N–H and O–H groups in total. The van der Waals surface area contributed by atoms with E-state index in [1.54, 1.807) is 13.2 Å². The van der Waals surface area contributed by atoms with Crippen LogP contribution in [0.15, 0.2) is 42.5 Å². The predicted molar refractivity (Wildman–Crippen MR) is 85.6 cm³/mol. The molecule has 0 saturated heterocycles. The molecule has 1 aliphatic rings. The number of rotatable bonds is 4. The highest BCUT2D eigenvalue weighted by Gasteiger charge is 2.40. The number of aryl methyl sites for hydroxylation is 1. The quantitative estimate of drug-likeness (QED) is 0.798. The Morgan fingerprint density at radius 1 is 1.09 bits per heavy atom. The second-order valence-corrected chi connectivity index (χ2v) is 5.79. The van der Waals surface area contributed by atoms with E-state index in [1.807, 2.05) is 18.2 Å². The summed E-state index contributed by atoms with van der Waals surface area (Å²) in [4.78, 5) is 11.6. The molecule has 0 amide bonds. The van der Waals surface area contributed by atoms with E-state index < -0.39 is 0 Å². The van der Waals surface area contributed by atoms with Crippen molar-refractivity contribution in [2.45, 2.75) is 25.2 Å². The van der Waals surface area contributed by atoms with E-state index in [4.69, 9.17) is 9.47 Å². The second kappa shape index (κ2) is 5.84. The minimum atomic E-state index is -0.278. The first kappa shape index (κ1) is 14.6. The molecule has 114 valence electrons. The summed E-state index contributed by atoms with van der Waals surface area (Å²) in [7, 11) is 3.10. The Hall–Kier alpha value is -2.29. The van der Waals surface area contributed by atoms with Gasteiger partial charge in [-0.25, -0.2) is 4.79 Å². The highest BCUT2D eigenvalue weighted by Crippen LogP contribution is 2.55. The Kier molecular flexibility index (Phi) is 3.88. The molecule has 0 unspecified atom stereocenters. The molecule has 3 nitrogen and oxygen atoms in total. The number of carbonyl (C=O) groups is 1. The van der Waals surface area contributed by atoms with Gasteiger partial charge in [0.25, 0.3) is 0 Å². The highest BCUT2D eigenvalue weighted by molar-refractivity contribution is 5.89. The second-order valence-electron chi connectivity index (χ2n) is 5.79. The van der Waals surface area contributed by atoms with Gasteiger partial charge in [0.05, 0.1) is 19.8 Å². The smallest absolute Gasteiger partial charge is 0.337 e. The van der Waals surface area contributed by atoms with Crippen LogP contribution in [0.3, 0.4) is 0 Å². The first-order valence-corrected chi connectivity index (χ1v) is 7.47. The summed E-state index contributed by atoms with van der Waals surface area (Å²) < 4.78 is 10.1. The first-order valence-electron chi connectivity index (χ1n) is 7.47. The molecule has 0 spiro atoms. The van der Waals surface area contributed by atoms with Gasteiger partial charge in [0.1, 0.15) is 5.75 Å². The molecule has 0 aromatic heterocycles. The Bertz CT molecular complexity index is 706. The predicted octanol–water partition coefficient (Wildman–Crippen LogP) is 4.06. The van der Waals surface area contributed by atoms with Crippen molar-refractivity contribution >= 4 is 5.97 Å². The molecule has 1 aliphatic carbocycles. The molecular formula is C19H20O3. The fourth-order valence-electron chi connectivity index (χ4n) is 3.11. The number of hydrogen-bond donors (Lipinski definition) is 0. The van der Waals surface area contributed by atoms with Crippen molar-refractivity contribution in [1.29, 1.82) is 0 Å². The Labute approximate surface area is 130 Å². The Morgan fingerprint density at radius 2 is 1.91 bits per heavy atom. The lowest BCUT2D eigenvalue weighted by molar-refractivity contribution is 0.0600. The van der Waals surface area contributed by atoms with Gasteiger partial charge in [-0.1, -0.05) is 18.2 Å². The molecule has 3 rings (SSSR count). The van der Waals surface area contributed by atoms with Crippen molar-refractivity contribution in [3.05, 3.63) is 64.7 Å². The zero-order valence-electron chi connectivity index (χ0n) is 13.1. The van der Waals surface area contributed by atoms with Gasteiger partial charge < -0.3 is 9.47 Å². The fourth-order valence-corrected chi connectivity index (χ4v) is 3.11. The standard InChI is InChI=1S/C19H20O3/c1-12-9-15(21-2)7-8-16(12)18-11-17(18)13-5-4-6-14(10-13)19(20)22-3/h4-10,17-18H,11H2,1-3H3/t17-,18+/m0/s1. The number of benzene rings is 2. The summed E-state index contributed by atoms with van der Waals surface area (Å²) in [6, 6.07) is 14.0. The number of hydrogen-bond acceptors (Lipinski definition) is 3. The summed E-state index contributed by atoms with van der Waals surface area (Å²) in [6.45, 7) is 2.12. The normalized spacial score (nSPS) is 19.6. The van der Waals surface area contributed by atoms with E-state index >= 15 is 0 Å². The van der Waals surface area contributed by atoms with Gasteiger partial charge in [0.15, 0.2) is 0 Å². The lowest BCUT2D eigenvalue weighted by Gasteiger charge is -2.08. The van der Waals surface area contributed by atoms with Crippen LogP contribution in [0.5, 0.6) is 5.75 Å². The van der Waals surface area contributed by atoms with Crippen molar-refractivity contribution in [3.63, 3.8) is 0 Å². The van der Waals surface area contributed by atoms with Crippen molar-refractivity contribution in [1.82, 2.24) is 0 Å². The van der Waals surface area contributed by atoms with Gasteiger partial charge >= 0.3 is 5.97 Å². The zero-order valence-corrected chi connectivity index (χ0v) is 13.1. The molecule has 2 atom stereocenters. The van der Waals surface area contributed by atoms with Gasteiger partial charge in [-0.3, -0.25) is 0 Å². The van der Waals surface area contributed by atoms with Gasteiger partial charge in [-0.05, 0) is 66.1 Å². The van der Waals surface area contributed by atoms with Crippen LogP contribution in [0, 0.1) is 6.92 Å². The number of ether oxygens (including phenoxy) is 2. The van der Waals surface area contributed by atoms with E-state index in [0.717, 1.165) is 12.2 Å². The van der Waals surface area contributed by atoms with Crippen LogP contribution in [0.2, 0.25) is 0 Å². The van der Waals surface area contributed by atoms with E-state index in [-0.39, 0.29) is 5.97 Å².